The fourth-order valence-corrected chi connectivity index (χ4v) is 4.12. The maximum absolute atomic E-state index is 4.75. The Morgan fingerprint density at radius 3 is 2.59 bits per heavy atom. The van der Waals surface area contributed by atoms with Gasteiger partial charge in [-0.25, -0.2) is 4.98 Å². The van der Waals surface area contributed by atoms with Crippen molar-refractivity contribution in [3.63, 3.8) is 0 Å². The van der Waals surface area contributed by atoms with E-state index in [1.54, 1.807) is 0 Å². The van der Waals surface area contributed by atoms with Crippen molar-refractivity contribution in [3.05, 3.63) is 83.7 Å². The maximum Gasteiger partial charge on any atom is 0.109 e. The summed E-state index contributed by atoms with van der Waals surface area (Å²) in [6.45, 7) is 6.44. The van der Waals surface area contributed by atoms with Gasteiger partial charge >= 0.3 is 0 Å². The summed E-state index contributed by atoms with van der Waals surface area (Å²) in [4.78, 5) is 11.5. The van der Waals surface area contributed by atoms with E-state index in [1.165, 1.54) is 42.0 Å². The zero-order chi connectivity index (χ0) is 18.5. The number of nitrogens with zero attached hydrogens (tertiary/aromatic N) is 4. The lowest BCUT2D eigenvalue weighted by atomic mass is 9.94. The number of piperidine rings is 1. The summed E-state index contributed by atoms with van der Waals surface area (Å²) in [6, 6.07) is 14.9. The van der Waals surface area contributed by atoms with Gasteiger partial charge < -0.3 is 4.57 Å². The molecule has 1 aromatic carbocycles. The molecule has 1 saturated heterocycles. The zero-order valence-electron chi connectivity index (χ0n) is 16.1. The van der Waals surface area contributed by atoms with Crippen LogP contribution in [0.4, 0.5) is 0 Å². The Morgan fingerprint density at radius 2 is 1.78 bits per heavy atom. The number of hydrogen-bond acceptors (Lipinski definition) is 3. The SMILES string of the molecule is Cc1cnc(CC2CCCN(Cc3ccncc3)C2)n1Cc1ccccc1. The van der Waals surface area contributed by atoms with Crippen molar-refractivity contribution in [1.82, 2.24) is 19.4 Å². The van der Waals surface area contributed by atoms with Gasteiger partial charge in [-0.15, -0.1) is 0 Å². The molecule has 4 rings (SSSR count). The molecule has 1 unspecified atom stereocenters. The summed E-state index contributed by atoms with van der Waals surface area (Å²) < 4.78 is 2.39. The molecule has 3 heterocycles. The number of pyridine rings is 1. The predicted octanol–water partition coefficient (Wildman–Crippen LogP) is 4.09. The predicted molar refractivity (Wildman–Crippen MR) is 108 cm³/mol. The summed E-state index contributed by atoms with van der Waals surface area (Å²) in [6.07, 6.45) is 9.43. The van der Waals surface area contributed by atoms with Gasteiger partial charge in [-0.05, 0) is 55.5 Å². The minimum atomic E-state index is 0.678. The van der Waals surface area contributed by atoms with E-state index in [4.69, 9.17) is 4.98 Å². The lowest BCUT2D eigenvalue weighted by molar-refractivity contribution is 0.165. The van der Waals surface area contributed by atoms with Crippen molar-refractivity contribution < 1.29 is 0 Å². The number of rotatable bonds is 6. The van der Waals surface area contributed by atoms with Crippen molar-refractivity contribution in [2.45, 2.75) is 39.3 Å². The molecule has 1 aliphatic heterocycles. The van der Waals surface area contributed by atoms with Gasteiger partial charge in [-0.2, -0.15) is 0 Å². The number of benzene rings is 1. The van der Waals surface area contributed by atoms with Crippen LogP contribution in [0.1, 0.15) is 35.5 Å². The normalized spacial score (nSPS) is 17.9. The van der Waals surface area contributed by atoms with E-state index >= 15 is 0 Å². The zero-order valence-corrected chi connectivity index (χ0v) is 16.1. The van der Waals surface area contributed by atoms with Crippen LogP contribution in [0.25, 0.3) is 0 Å². The number of imidazole rings is 1. The highest BCUT2D eigenvalue weighted by molar-refractivity contribution is 5.17. The molecule has 0 spiro atoms. The van der Waals surface area contributed by atoms with Crippen LogP contribution < -0.4 is 0 Å². The van der Waals surface area contributed by atoms with Crippen LogP contribution in [-0.2, 0) is 19.5 Å². The van der Waals surface area contributed by atoms with E-state index in [2.05, 4.69) is 63.8 Å². The van der Waals surface area contributed by atoms with E-state index in [-0.39, 0.29) is 0 Å². The van der Waals surface area contributed by atoms with E-state index in [0.29, 0.717) is 5.92 Å². The molecule has 1 aliphatic rings. The molecule has 1 atom stereocenters. The molecule has 0 aliphatic carbocycles. The average molecular weight is 361 g/mol. The van der Waals surface area contributed by atoms with Gasteiger partial charge in [0.1, 0.15) is 5.82 Å². The van der Waals surface area contributed by atoms with Gasteiger partial charge in [0.05, 0.1) is 0 Å². The van der Waals surface area contributed by atoms with Crippen LogP contribution in [0.3, 0.4) is 0 Å². The van der Waals surface area contributed by atoms with Crippen molar-refractivity contribution in [3.8, 4) is 0 Å². The third-order valence-electron chi connectivity index (χ3n) is 5.55. The van der Waals surface area contributed by atoms with Crippen molar-refractivity contribution in [2.24, 2.45) is 5.92 Å². The second-order valence-electron chi connectivity index (χ2n) is 7.69. The van der Waals surface area contributed by atoms with Gasteiger partial charge in [0.25, 0.3) is 0 Å². The minimum Gasteiger partial charge on any atom is -0.328 e. The summed E-state index contributed by atoms with van der Waals surface area (Å²) >= 11 is 0. The highest BCUT2D eigenvalue weighted by Crippen LogP contribution is 2.23. The van der Waals surface area contributed by atoms with E-state index < -0.39 is 0 Å². The van der Waals surface area contributed by atoms with Crippen LogP contribution in [0.5, 0.6) is 0 Å². The Kier molecular flexibility index (Phi) is 5.64. The third kappa shape index (κ3) is 4.64. The molecule has 3 aromatic rings. The molecule has 0 saturated carbocycles. The van der Waals surface area contributed by atoms with E-state index in [9.17, 15) is 0 Å². The molecule has 4 heteroatoms. The first kappa shape index (κ1) is 17.9. The Morgan fingerprint density at radius 1 is 1.00 bits per heavy atom. The summed E-state index contributed by atoms with van der Waals surface area (Å²) in [5.41, 5.74) is 3.94. The quantitative estimate of drug-likeness (QED) is 0.664. The molecule has 0 amide bonds. The molecule has 27 heavy (non-hydrogen) atoms. The van der Waals surface area contributed by atoms with Gasteiger partial charge in [0.2, 0.25) is 0 Å². The Hall–Kier alpha value is -2.46. The van der Waals surface area contributed by atoms with Gasteiger partial charge in [0.15, 0.2) is 0 Å². The maximum atomic E-state index is 4.75. The highest BCUT2D eigenvalue weighted by atomic mass is 15.1. The van der Waals surface area contributed by atoms with Crippen LogP contribution in [0.15, 0.2) is 61.1 Å². The summed E-state index contributed by atoms with van der Waals surface area (Å²) in [5, 5.41) is 0. The Bertz CT molecular complexity index is 841. The Balaban J connectivity index is 1.41. The molecular formula is C23H28N4. The van der Waals surface area contributed by atoms with Crippen molar-refractivity contribution in [2.75, 3.05) is 13.1 Å². The Labute approximate surface area is 161 Å². The van der Waals surface area contributed by atoms with Gasteiger partial charge in [0, 0.05) is 50.3 Å². The number of aromatic nitrogens is 3. The summed E-state index contributed by atoms with van der Waals surface area (Å²) in [5.74, 6) is 1.91. The lowest BCUT2D eigenvalue weighted by Crippen LogP contribution is -2.36. The summed E-state index contributed by atoms with van der Waals surface area (Å²) in [7, 11) is 0. The monoisotopic (exact) mass is 360 g/mol. The average Bonchev–Trinajstić information content (AvgIpc) is 3.03. The fraction of sp³-hybridized carbons (Fsp3) is 0.391. The third-order valence-corrected chi connectivity index (χ3v) is 5.55. The number of hydrogen-bond donors (Lipinski definition) is 0. The molecular weight excluding hydrogens is 332 g/mol. The van der Waals surface area contributed by atoms with Crippen molar-refractivity contribution in [1.29, 1.82) is 0 Å². The minimum absolute atomic E-state index is 0.678. The first-order valence-electron chi connectivity index (χ1n) is 9.94. The highest BCUT2D eigenvalue weighted by Gasteiger charge is 2.22. The molecule has 0 N–H and O–H groups in total. The number of likely N-dealkylation sites (tertiary alicyclic amines) is 1. The lowest BCUT2D eigenvalue weighted by Gasteiger charge is -2.32. The molecule has 0 radical (unpaired) electrons. The first-order chi connectivity index (χ1) is 13.3. The molecule has 2 aromatic heterocycles. The van der Waals surface area contributed by atoms with E-state index in [0.717, 1.165) is 26.1 Å². The molecule has 4 nitrogen and oxygen atoms in total. The van der Waals surface area contributed by atoms with Crippen LogP contribution in [0, 0.1) is 12.8 Å². The van der Waals surface area contributed by atoms with Crippen LogP contribution in [0.2, 0.25) is 0 Å². The topological polar surface area (TPSA) is 34.0 Å². The van der Waals surface area contributed by atoms with Gasteiger partial charge in [-0.1, -0.05) is 30.3 Å². The number of aryl methyl sites for hydroxylation is 1. The molecule has 1 fully saturated rings. The van der Waals surface area contributed by atoms with E-state index in [1.807, 2.05) is 18.6 Å². The fourth-order valence-electron chi connectivity index (χ4n) is 4.12. The van der Waals surface area contributed by atoms with Gasteiger partial charge in [-0.3, -0.25) is 9.88 Å². The van der Waals surface area contributed by atoms with Crippen LogP contribution in [-0.4, -0.2) is 32.5 Å². The van der Waals surface area contributed by atoms with Crippen LogP contribution >= 0.6 is 0 Å². The second kappa shape index (κ2) is 8.49. The molecule has 0 bridgehead atoms. The standard InChI is InChI=1S/C23H28N4/c1-19-15-25-23(27(19)18-20-6-3-2-4-7-20)14-22-8-5-13-26(17-22)16-21-9-11-24-12-10-21/h2-4,6-7,9-12,15,22H,5,8,13-14,16-18H2,1H3. The molecule has 140 valence electrons. The smallest absolute Gasteiger partial charge is 0.109 e. The first-order valence-corrected chi connectivity index (χ1v) is 9.94. The second-order valence-corrected chi connectivity index (χ2v) is 7.69. The largest absolute Gasteiger partial charge is 0.328 e. The van der Waals surface area contributed by atoms with Crippen molar-refractivity contribution >= 4 is 0 Å².